The molecule has 0 saturated carbocycles. The number of carboxylic acid groups (broad SMARTS) is 1. The van der Waals surface area contributed by atoms with E-state index < -0.39 is 11.8 Å². The number of carboxylic acids is 1. The Morgan fingerprint density at radius 3 is 2.38 bits per heavy atom. The molecule has 0 aliphatic carbocycles. The average molecular weight is 308 g/mol. The number of allylic oxidation sites excluding steroid dienone is 2. The molecule has 0 atom stereocenters. The van der Waals surface area contributed by atoms with Gasteiger partial charge in [-0.2, -0.15) is 0 Å². The molecule has 112 valence electrons. The summed E-state index contributed by atoms with van der Waals surface area (Å²) in [5.74, 6) is -1.87. The number of carbonyl (C=O) groups excluding carboxylic acids is 1. The van der Waals surface area contributed by atoms with Crippen LogP contribution in [0.5, 0.6) is 0 Å². The molecular formula is C16H18ClNO3. The lowest BCUT2D eigenvalue weighted by molar-refractivity contribution is -0.134. The van der Waals surface area contributed by atoms with Crippen LogP contribution >= 0.6 is 11.6 Å². The summed E-state index contributed by atoms with van der Waals surface area (Å²) in [5.41, 5.74) is 0.802. The van der Waals surface area contributed by atoms with E-state index in [1.54, 1.807) is 31.3 Å². The Kier molecular flexibility index (Phi) is 6.69. The molecule has 0 bridgehead atoms. The molecule has 4 nitrogen and oxygen atoms in total. The maximum absolute atomic E-state index is 12.2. The minimum atomic E-state index is -1.26. The molecule has 21 heavy (non-hydrogen) atoms. The molecule has 0 aromatic heterocycles. The molecule has 1 aromatic rings. The van der Waals surface area contributed by atoms with Crippen LogP contribution in [-0.2, 0) is 9.59 Å². The zero-order chi connectivity index (χ0) is 15.8. The van der Waals surface area contributed by atoms with Crippen molar-refractivity contribution in [3.63, 3.8) is 0 Å². The highest BCUT2D eigenvalue weighted by atomic mass is 35.5. The summed E-state index contributed by atoms with van der Waals surface area (Å²) in [5, 5.41) is 12.3. The molecule has 0 radical (unpaired) electrons. The number of hydrogen-bond donors (Lipinski definition) is 2. The van der Waals surface area contributed by atoms with Gasteiger partial charge in [0.15, 0.2) is 5.78 Å². The number of benzene rings is 1. The Morgan fingerprint density at radius 1 is 1.29 bits per heavy atom. The highest BCUT2D eigenvalue weighted by molar-refractivity contribution is 6.51. The SMILES string of the molecule is CCCC(NC)=C(C(=O)O)C(=O)C=C(Cl)c1ccccc1. The molecule has 0 aliphatic heterocycles. The largest absolute Gasteiger partial charge is 0.477 e. The van der Waals surface area contributed by atoms with E-state index in [9.17, 15) is 14.7 Å². The predicted molar refractivity (Wildman–Crippen MR) is 83.9 cm³/mol. The van der Waals surface area contributed by atoms with Crippen LogP contribution in [0, 0.1) is 0 Å². The number of nitrogens with one attached hydrogen (secondary N) is 1. The van der Waals surface area contributed by atoms with Crippen molar-refractivity contribution in [2.24, 2.45) is 0 Å². The van der Waals surface area contributed by atoms with Gasteiger partial charge in [0.05, 0.1) is 5.03 Å². The number of aliphatic carboxylic acids is 1. The fraction of sp³-hybridized carbons (Fsp3) is 0.250. The van der Waals surface area contributed by atoms with Gasteiger partial charge < -0.3 is 10.4 Å². The van der Waals surface area contributed by atoms with Crippen LogP contribution in [0.4, 0.5) is 0 Å². The first-order valence-electron chi connectivity index (χ1n) is 6.62. The third kappa shape index (κ3) is 4.76. The average Bonchev–Trinajstić information content (AvgIpc) is 2.47. The number of carbonyl (C=O) groups is 2. The fourth-order valence-corrected chi connectivity index (χ4v) is 2.10. The zero-order valence-corrected chi connectivity index (χ0v) is 12.8. The molecule has 0 saturated heterocycles. The van der Waals surface area contributed by atoms with E-state index in [-0.39, 0.29) is 10.6 Å². The highest BCUT2D eigenvalue weighted by Crippen LogP contribution is 2.20. The van der Waals surface area contributed by atoms with Crippen LogP contribution in [0.2, 0.25) is 0 Å². The predicted octanol–water partition coefficient (Wildman–Crippen LogP) is 3.19. The van der Waals surface area contributed by atoms with Crippen molar-refractivity contribution in [3.8, 4) is 0 Å². The molecule has 0 fully saturated rings. The van der Waals surface area contributed by atoms with E-state index in [0.29, 0.717) is 17.7 Å². The Labute approximate surface area is 129 Å². The standard InChI is InChI=1S/C16H18ClNO3/c1-3-7-13(18-2)15(16(20)21)14(19)10-12(17)11-8-5-4-6-9-11/h4-6,8-10,18H,3,7H2,1-2H3,(H,20,21). The van der Waals surface area contributed by atoms with Crippen molar-refractivity contribution in [1.82, 2.24) is 5.32 Å². The zero-order valence-electron chi connectivity index (χ0n) is 12.0. The monoisotopic (exact) mass is 307 g/mol. The molecule has 0 aliphatic rings. The summed E-state index contributed by atoms with van der Waals surface area (Å²) in [6, 6.07) is 8.92. The van der Waals surface area contributed by atoms with Crippen molar-refractivity contribution in [2.45, 2.75) is 19.8 Å². The maximum Gasteiger partial charge on any atom is 0.341 e. The lowest BCUT2D eigenvalue weighted by atomic mass is 10.0. The lowest BCUT2D eigenvalue weighted by Crippen LogP contribution is -2.20. The van der Waals surface area contributed by atoms with Gasteiger partial charge in [0.25, 0.3) is 0 Å². The molecule has 0 unspecified atom stereocenters. The van der Waals surface area contributed by atoms with Gasteiger partial charge in [-0.25, -0.2) is 4.79 Å². The normalized spacial score (nSPS) is 12.6. The smallest absolute Gasteiger partial charge is 0.341 e. The van der Waals surface area contributed by atoms with E-state index >= 15 is 0 Å². The van der Waals surface area contributed by atoms with E-state index in [4.69, 9.17) is 11.6 Å². The molecule has 0 amide bonds. The number of hydrogen-bond acceptors (Lipinski definition) is 3. The first kappa shape index (κ1) is 17.0. The highest BCUT2D eigenvalue weighted by Gasteiger charge is 2.20. The molecule has 5 heteroatoms. The van der Waals surface area contributed by atoms with Crippen molar-refractivity contribution < 1.29 is 14.7 Å². The Bertz CT molecular complexity index is 576. The van der Waals surface area contributed by atoms with Crippen LogP contribution in [-0.4, -0.2) is 23.9 Å². The van der Waals surface area contributed by atoms with Gasteiger partial charge in [0.1, 0.15) is 5.57 Å². The third-order valence-corrected chi connectivity index (χ3v) is 3.20. The van der Waals surface area contributed by atoms with Crippen LogP contribution in [0.1, 0.15) is 25.3 Å². The fourth-order valence-electron chi connectivity index (χ4n) is 1.88. The quantitative estimate of drug-likeness (QED) is 0.461. The lowest BCUT2D eigenvalue weighted by Gasteiger charge is -2.09. The van der Waals surface area contributed by atoms with Crippen LogP contribution in [0.3, 0.4) is 0 Å². The van der Waals surface area contributed by atoms with Gasteiger partial charge >= 0.3 is 5.97 Å². The Morgan fingerprint density at radius 2 is 1.90 bits per heavy atom. The van der Waals surface area contributed by atoms with E-state index in [1.807, 2.05) is 13.0 Å². The van der Waals surface area contributed by atoms with Crippen LogP contribution < -0.4 is 5.32 Å². The number of ketones is 1. The summed E-state index contributed by atoms with van der Waals surface area (Å²) in [4.78, 5) is 23.5. The Hall–Kier alpha value is -2.07. The molecule has 1 rings (SSSR count). The molecule has 1 aromatic carbocycles. The van der Waals surface area contributed by atoms with Gasteiger partial charge in [-0.05, 0) is 12.0 Å². The van der Waals surface area contributed by atoms with Crippen molar-refractivity contribution in [1.29, 1.82) is 0 Å². The van der Waals surface area contributed by atoms with Crippen LogP contribution in [0.15, 0.2) is 47.7 Å². The van der Waals surface area contributed by atoms with E-state index in [0.717, 1.165) is 12.5 Å². The topological polar surface area (TPSA) is 66.4 Å². The second-order valence-corrected chi connectivity index (χ2v) is 4.79. The second-order valence-electron chi connectivity index (χ2n) is 4.38. The van der Waals surface area contributed by atoms with Crippen LogP contribution in [0.25, 0.3) is 5.03 Å². The minimum Gasteiger partial charge on any atom is -0.477 e. The van der Waals surface area contributed by atoms with Crippen molar-refractivity contribution >= 4 is 28.4 Å². The maximum atomic E-state index is 12.2. The van der Waals surface area contributed by atoms with Gasteiger partial charge in [0.2, 0.25) is 0 Å². The summed E-state index contributed by atoms with van der Waals surface area (Å²) in [7, 11) is 1.60. The van der Waals surface area contributed by atoms with Gasteiger partial charge in [-0.1, -0.05) is 55.3 Å². The third-order valence-electron chi connectivity index (χ3n) is 2.87. The first-order valence-corrected chi connectivity index (χ1v) is 7.00. The van der Waals surface area contributed by atoms with Crippen molar-refractivity contribution in [3.05, 3.63) is 53.2 Å². The summed E-state index contributed by atoms with van der Waals surface area (Å²) >= 11 is 6.08. The summed E-state index contributed by atoms with van der Waals surface area (Å²) in [6.45, 7) is 1.91. The molecule has 2 N–H and O–H groups in total. The van der Waals surface area contributed by atoms with Gasteiger partial charge in [-0.3, -0.25) is 4.79 Å². The summed E-state index contributed by atoms with van der Waals surface area (Å²) in [6.07, 6.45) is 2.37. The molecule has 0 heterocycles. The van der Waals surface area contributed by atoms with Crippen molar-refractivity contribution in [2.75, 3.05) is 7.05 Å². The number of rotatable bonds is 7. The first-order chi connectivity index (χ1) is 10.0. The van der Waals surface area contributed by atoms with Gasteiger partial charge in [0, 0.05) is 18.8 Å². The van der Waals surface area contributed by atoms with E-state index in [2.05, 4.69) is 5.32 Å². The molecule has 0 spiro atoms. The molecular weight excluding hydrogens is 290 g/mol. The van der Waals surface area contributed by atoms with E-state index in [1.165, 1.54) is 0 Å². The summed E-state index contributed by atoms with van der Waals surface area (Å²) < 4.78 is 0. The minimum absolute atomic E-state index is 0.214. The Balaban J connectivity index is 3.16. The number of halogens is 1. The van der Waals surface area contributed by atoms with Gasteiger partial charge in [-0.15, -0.1) is 0 Å². The second kappa shape index (κ2) is 8.27.